The van der Waals surface area contributed by atoms with E-state index < -0.39 is 60.2 Å². The van der Waals surface area contributed by atoms with Crippen LogP contribution in [0.15, 0.2) is 36.8 Å². The second-order valence-corrected chi connectivity index (χ2v) is 9.98. The van der Waals surface area contributed by atoms with Crippen molar-refractivity contribution in [2.24, 2.45) is 5.73 Å². The van der Waals surface area contributed by atoms with E-state index in [0.717, 1.165) is 0 Å². The van der Waals surface area contributed by atoms with Crippen LogP contribution in [-0.2, 0) is 36.8 Å². The van der Waals surface area contributed by atoms with Crippen molar-refractivity contribution in [3.63, 3.8) is 0 Å². The van der Waals surface area contributed by atoms with E-state index >= 15 is 0 Å². The number of aromatic hydroxyl groups is 1. The predicted octanol–water partition coefficient (Wildman–Crippen LogP) is -0.615. The normalized spacial score (nSPS) is 13.8. The molecule has 4 atom stereocenters. The molecule has 0 aliphatic carbocycles. The molecule has 1 aromatic carbocycles. The van der Waals surface area contributed by atoms with Gasteiger partial charge in [-0.2, -0.15) is 11.8 Å². The van der Waals surface area contributed by atoms with Crippen molar-refractivity contribution in [2.75, 3.05) is 12.0 Å². The highest BCUT2D eigenvalue weighted by atomic mass is 32.2. The average molecular weight is 579 g/mol. The number of nitrogens with one attached hydrogen (secondary N) is 4. The molecule has 0 saturated heterocycles. The molecule has 14 nitrogen and oxygen atoms in total. The number of benzene rings is 1. The molecule has 15 heteroatoms. The third-order valence-electron chi connectivity index (χ3n) is 5.85. The Balaban J connectivity index is 2.27. The lowest BCUT2D eigenvalue weighted by Crippen LogP contribution is -2.58. The number of carbonyl (C=O) groups excluding carboxylic acids is 3. The summed E-state index contributed by atoms with van der Waals surface area (Å²) in [6.07, 6.45) is 4.15. The average Bonchev–Trinajstić information content (AvgIpc) is 3.42. The monoisotopic (exact) mass is 578 g/mol. The summed E-state index contributed by atoms with van der Waals surface area (Å²) in [5.74, 6) is -4.23. The number of amides is 3. The van der Waals surface area contributed by atoms with E-state index in [-0.39, 0.29) is 25.0 Å². The summed E-state index contributed by atoms with van der Waals surface area (Å²) in [6, 6.07) is 0.960. The topological polar surface area (TPSA) is 237 Å². The van der Waals surface area contributed by atoms with E-state index in [1.807, 2.05) is 6.26 Å². The van der Waals surface area contributed by atoms with Crippen LogP contribution >= 0.6 is 11.8 Å². The zero-order valence-corrected chi connectivity index (χ0v) is 22.6. The van der Waals surface area contributed by atoms with Crippen LogP contribution in [0.4, 0.5) is 0 Å². The van der Waals surface area contributed by atoms with E-state index in [2.05, 4.69) is 25.9 Å². The number of carbonyl (C=O) groups is 5. The molecule has 3 amide bonds. The summed E-state index contributed by atoms with van der Waals surface area (Å²) >= 11 is 1.51. The molecule has 4 unspecified atom stereocenters. The van der Waals surface area contributed by atoms with E-state index in [4.69, 9.17) is 10.8 Å². The first kappa shape index (κ1) is 32.1. The van der Waals surface area contributed by atoms with Crippen molar-refractivity contribution in [1.82, 2.24) is 25.9 Å². The molecular formula is C25H34N6O8S. The molecule has 218 valence electrons. The molecule has 0 fully saturated rings. The molecule has 0 spiro atoms. The Labute approximate surface area is 234 Å². The molecule has 40 heavy (non-hydrogen) atoms. The largest absolute Gasteiger partial charge is 0.508 e. The number of carboxylic acid groups (broad SMARTS) is 2. The van der Waals surface area contributed by atoms with Crippen molar-refractivity contribution in [3.8, 4) is 5.75 Å². The van der Waals surface area contributed by atoms with Crippen molar-refractivity contribution in [3.05, 3.63) is 48.0 Å². The number of aromatic amines is 1. The molecule has 0 aliphatic heterocycles. The molecule has 2 aromatic rings. The van der Waals surface area contributed by atoms with E-state index in [1.165, 1.54) is 48.6 Å². The first-order chi connectivity index (χ1) is 19.0. The van der Waals surface area contributed by atoms with Crippen LogP contribution in [0.3, 0.4) is 0 Å². The van der Waals surface area contributed by atoms with Gasteiger partial charge in [-0.05, 0) is 42.5 Å². The van der Waals surface area contributed by atoms with Crippen LogP contribution in [0.5, 0.6) is 5.75 Å². The third-order valence-corrected chi connectivity index (χ3v) is 6.50. The number of rotatable bonds is 17. The van der Waals surface area contributed by atoms with Crippen molar-refractivity contribution in [1.29, 1.82) is 0 Å². The Morgan fingerprint density at radius 2 is 1.52 bits per heavy atom. The van der Waals surface area contributed by atoms with Gasteiger partial charge < -0.3 is 42.0 Å². The number of phenolic OH excluding ortho intramolecular Hbond substituents is 1. The van der Waals surface area contributed by atoms with Crippen LogP contribution in [-0.4, -0.2) is 91.1 Å². The van der Waals surface area contributed by atoms with Gasteiger partial charge in [-0.3, -0.25) is 19.2 Å². The number of nitrogens with zero attached hydrogens (tertiary/aromatic N) is 1. The highest BCUT2D eigenvalue weighted by Gasteiger charge is 2.31. The Kier molecular flexibility index (Phi) is 12.9. The molecule has 1 aromatic heterocycles. The van der Waals surface area contributed by atoms with Gasteiger partial charge in [0.05, 0.1) is 12.4 Å². The van der Waals surface area contributed by atoms with E-state index in [9.17, 15) is 34.2 Å². The Hall–Kier alpha value is -4.11. The lowest BCUT2D eigenvalue weighted by molar-refractivity contribution is -0.143. The summed E-state index contributed by atoms with van der Waals surface area (Å²) in [6.45, 7) is 0. The number of nitrogens with two attached hydrogens (primary N) is 1. The van der Waals surface area contributed by atoms with Gasteiger partial charge in [-0.25, -0.2) is 9.78 Å². The van der Waals surface area contributed by atoms with Gasteiger partial charge in [-0.15, -0.1) is 0 Å². The van der Waals surface area contributed by atoms with Gasteiger partial charge in [0.1, 0.15) is 23.9 Å². The van der Waals surface area contributed by atoms with Crippen LogP contribution in [0, 0.1) is 0 Å². The maximum Gasteiger partial charge on any atom is 0.326 e. The van der Waals surface area contributed by atoms with Gasteiger partial charge in [0.2, 0.25) is 17.7 Å². The maximum absolute atomic E-state index is 13.4. The standard InChI is InChI=1S/C25H34N6O8S/c1-40-9-8-17(26)22(35)30-20(11-15-12-27-13-28-15)24(37)31-19(10-14-2-4-16(32)5-3-14)23(36)29-18(25(38)39)6-7-21(33)34/h2-5,12-13,17-20,32H,6-11,26H2,1H3,(H,27,28)(H,29,36)(H,30,35)(H,31,37)(H,33,34)(H,38,39). The predicted molar refractivity (Wildman–Crippen MR) is 145 cm³/mol. The first-order valence-corrected chi connectivity index (χ1v) is 13.7. The summed E-state index contributed by atoms with van der Waals surface area (Å²) in [7, 11) is 0. The van der Waals surface area contributed by atoms with Crippen molar-refractivity contribution < 1.29 is 39.3 Å². The molecular weight excluding hydrogens is 544 g/mol. The summed E-state index contributed by atoms with van der Waals surface area (Å²) in [5, 5.41) is 35.4. The minimum absolute atomic E-state index is 0.00324. The Bertz CT molecular complexity index is 1140. The summed E-state index contributed by atoms with van der Waals surface area (Å²) in [4.78, 5) is 68.6. The first-order valence-electron chi connectivity index (χ1n) is 12.4. The molecule has 1 heterocycles. The highest BCUT2D eigenvalue weighted by molar-refractivity contribution is 7.98. The fourth-order valence-corrected chi connectivity index (χ4v) is 4.12. The van der Waals surface area contributed by atoms with E-state index in [1.54, 1.807) is 0 Å². The number of carboxylic acids is 2. The van der Waals surface area contributed by atoms with Crippen LogP contribution in [0.2, 0.25) is 0 Å². The Morgan fingerprint density at radius 1 is 0.925 bits per heavy atom. The molecule has 0 radical (unpaired) electrons. The fourth-order valence-electron chi connectivity index (χ4n) is 3.63. The van der Waals surface area contributed by atoms with Crippen LogP contribution in [0.25, 0.3) is 0 Å². The quantitative estimate of drug-likeness (QED) is 0.118. The fraction of sp³-hybridized carbons (Fsp3) is 0.440. The number of aliphatic carboxylic acids is 2. The lowest BCUT2D eigenvalue weighted by atomic mass is 10.0. The van der Waals surface area contributed by atoms with Gasteiger partial charge in [0.25, 0.3) is 0 Å². The highest BCUT2D eigenvalue weighted by Crippen LogP contribution is 2.12. The summed E-state index contributed by atoms with van der Waals surface area (Å²) in [5.41, 5.74) is 7.02. The molecule has 0 bridgehead atoms. The van der Waals surface area contributed by atoms with Crippen molar-refractivity contribution >= 4 is 41.4 Å². The number of hydrogen-bond donors (Lipinski definition) is 8. The number of thioether (sulfide) groups is 1. The SMILES string of the molecule is CSCCC(N)C(=O)NC(Cc1cnc[nH]1)C(=O)NC(Cc1ccc(O)cc1)C(=O)NC(CCC(=O)O)C(=O)O. The number of hydrogen-bond acceptors (Lipinski definition) is 9. The number of phenols is 1. The summed E-state index contributed by atoms with van der Waals surface area (Å²) < 4.78 is 0. The molecule has 9 N–H and O–H groups in total. The van der Waals surface area contributed by atoms with Gasteiger partial charge in [0, 0.05) is 31.2 Å². The Morgan fingerprint density at radius 3 is 2.08 bits per heavy atom. The van der Waals surface area contributed by atoms with Crippen LogP contribution in [0.1, 0.15) is 30.5 Å². The molecule has 0 aliphatic rings. The zero-order valence-electron chi connectivity index (χ0n) is 21.8. The van der Waals surface area contributed by atoms with Crippen LogP contribution < -0.4 is 21.7 Å². The molecule has 0 saturated carbocycles. The van der Waals surface area contributed by atoms with Gasteiger partial charge in [0.15, 0.2) is 0 Å². The third kappa shape index (κ3) is 10.9. The number of imidazole rings is 1. The van der Waals surface area contributed by atoms with Gasteiger partial charge in [-0.1, -0.05) is 12.1 Å². The smallest absolute Gasteiger partial charge is 0.326 e. The number of aromatic nitrogens is 2. The van der Waals surface area contributed by atoms with Crippen molar-refractivity contribution in [2.45, 2.75) is 56.3 Å². The van der Waals surface area contributed by atoms with E-state index in [0.29, 0.717) is 23.4 Å². The molecule has 2 rings (SSSR count). The van der Waals surface area contributed by atoms with Gasteiger partial charge >= 0.3 is 11.9 Å². The number of H-pyrrole nitrogens is 1. The lowest BCUT2D eigenvalue weighted by Gasteiger charge is -2.25. The minimum atomic E-state index is -1.52. The second kappa shape index (κ2) is 16.1. The zero-order chi connectivity index (χ0) is 29.7. The maximum atomic E-state index is 13.4. The second-order valence-electron chi connectivity index (χ2n) is 8.99. The minimum Gasteiger partial charge on any atom is -0.508 e.